The van der Waals surface area contributed by atoms with E-state index in [0.717, 1.165) is 55.7 Å². The minimum atomic E-state index is -0.613. The van der Waals surface area contributed by atoms with Gasteiger partial charge in [-0.1, -0.05) is 12.1 Å². The molecule has 3 aromatic rings. The molecule has 1 unspecified atom stereocenters. The molecule has 1 N–H and O–H groups in total. The molecule has 224 valence electrons. The predicted octanol–water partition coefficient (Wildman–Crippen LogP) is 4.32. The number of carbonyl (C=O) groups excluding carboxylic acids is 3. The molecule has 7 rings (SSSR count). The van der Waals surface area contributed by atoms with Gasteiger partial charge in [-0.2, -0.15) is 0 Å². The summed E-state index contributed by atoms with van der Waals surface area (Å²) in [5.74, 6) is 0.335. The Morgan fingerprint density at radius 2 is 1.84 bits per heavy atom. The van der Waals surface area contributed by atoms with Gasteiger partial charge in [0.25, 0.3) is 5.91 Å². The van der Waals surface area contributed by atoms with E-state index in [4.69, 9.17) is 14.5 Å². The number of benzene rings is 2. The number of carbonyl (C=O) groups is 3. The van der Waals surface area contributed by atoms with Crippen molar-refractivity contribution in [2.24, 2.45) is 0 Å². The Bertz CT molecular complexity index is 1580. The van der Waals surface area contributed by atoms with Gasteiger partial charge in [-0.05, 0) is 87.1 Å². The van der Waals surface area contributed by atoms with E-state index < -0.39 is 11.9 Å². The van der Waals surface area contributed by atoms with Crippen LogP contribution >= 0.6 is 0 Å². The van der Waals surface area contributed by atoms with E-state index >= 15 is 0 Å². The van der Waals surface area contributed by atoms with Gasteiger partial charge in [-0.25, -0.2) is 0 Å². The van der Waals surface area contributed by atoms with Crippen LogP contribution in [0.1, 0.15) is 79.0 Å². The highest BCUT2D eigenvalue weighted by molar-refractivity contribution is 6.05. The van der Waals surface area contributed by atoms with Crippen molar-refractivity contribution in [3.05, 3.63) is 70.9 Å². The fraction of sp³-hybridized carbons (Fsp3) is 0.471. The van der Waals surface area contributed by atoms with Crippen LogP contribution in [-0.2, 0) is 27.4 Å². The van der Waals surface area contributed by atoms with Crippen LogP contribution in [0, 0.1) is 0 Å². The van der Waals surface area contributed by atoms with Crippen LogP contribution in [0.25, 0.3) is 10.9 Å². The van der Waals surface area contributed by atoms with Gasteiger partial charge >= 0.3 is 0 Å². The molecule has 0 spiro atoms. The van der Waals surface area contributed by atoms with Gasteiger partial charge < -0.3 is 14.4 Å². The number of aromatic nitrogens is 1. The molecule has 1 aromatic heterocycles. The normalized spacial score (nSPS) is 27.9. The number of imide groups is 1. The summed E-state index contributed by atoms with van der Waals surface area (Å²) in [4.78, 5) is 45.9. The number of pyridine rings is 1. The molecule has 43 heavy (non-hydrogen) atoms. The number of rotatable bonds is 6. The van der Waals surface area contributed by atoms with E-state index in [1.54, 1.807) is 11.0 Å². The van der Waals surface area contributed by atoms with E-state index in [0.29, 0.717) is 24.4 Å². The topological polar surface area (TPSA) is 101 Å². The third-order valence-corrected chi connectivity index (χ3v) is 9.32. The number of likely N-dealkylation sites (tertiary alicyclic amines) is 1. The van der Waals surface area contributed by atoms with Crippen molar-refractivity contribution in [2.75, 3.05) is 13.1 Å². The average molecular weight is 583 g/mol. The van der Waals surface area contributed by atoms with Crippen LogP contribution in [-0.4, -0.2) is 69.9 Å². The lowest BCUT2D eigenvalue weighted by molar-refractivity contribution is -0.136. The third-order valence-electron chi connectivity index (χ3n) is 9.32. The number of fused-ring (bicyclic) bond motifs is 2. The molecule has 3 fully saturated rings. The van der Waals surface area contributed by atoms with Gasteiger partial charge in [0.2, 0.25) is 11.8 Å². The Morgan fingerprint density at radius 1 is 1.00 bits per heavy atom. The van der Waals surface area contributed by atoms with E-state index in [1.165, 1.54) is 16.6 Å². The minimum Gasteiger partial charge on any atom is -0.489 e. The van der Waals surface area contributed by atoms with Crippen LogP contribution in [0.3, 0.4) is 0 Å². The Balaban J connectivity index is 0.957. The second kappa shape index (κ2) is 11.4. The van der Waals surface area contributed by atoms with E-state index in [9.17, 15) is 14.4 Å². The zero-order chi connectivity index (χ0) is 29.7. The molecule has 2 aromatic carbocycles. The summed E-state index contributed by atoms with van der Waals surface area (Å²) in [6, 6.07) is 15.9. The van der Waals surface area contributed by atoms with Crippen molar-refractivity contribution < 1.29 is 23.9 Å². The van der Waals surface area contributed by atoms with Crippen LogP contribution in [0.2, 0.25) is 0 Å². The molecule has 5 heterocycles. The third kappa shape index (κ3) is 5.76. The molecule has 3 amide bonds. The number of piperidine rings is 1. The second-order valence-electron chi connectivity index (χ2n) is 12.7. The van der Waals surface area contributed by atoms with Crippen molar-refractivity contribution >= 4 is 28.6 Å². The molecule has 4 aliphatic rings. The smallest absolute Gasteiger partial charge is 0.255 e. The molecule has 0 saturated carbocycles. The lowest BCUT2D eigenvalue weighted by Gasteiger charge is -2.31. The average Bonchev–Trinajstić information content (AvgIpc) is 3.55. The molecule has 0 aliphatic carbocycles. The van der Waals surface area contributed by atoms with Gasteiger partial charge in [0.1, 0.15) is 17.9 Å². The predicted molar refractivity (Wildman–Crippen MR) is 161 cm³/mol. The zero-order valence-corrected chi connectivity index (χ0v) is 24.8. The first-order valence-electron chi connectivity index (χ1n) is 15.5. The lowest BCUT2D eigenvalue weighted by Crippen LogP contribution is -2.52. The molecule has 9 heteroatoms. The quantitative estimate of drug-likeness (QED) is 0.432. The molecule has 9 nitrogen and oxygen atoms in total. The first kappa shape index (κ1) is 28.0. The van der Waals surface area contributed by atoms with Gasteiger partial charge in [0, 0.05) is 55.2 Å². The van der Waals surface area contributed by atoms with Crippen molar-refractivity contribution in [1.29, 1.82) is 0 Å². The monoisotopic (exact) mass is 582 g/mol. The molecular formula is C34H38N4O5. The summed E-state index contributed by atoms with van der Waals surface area (Å²) in [6.45, 7) is 7.28. The number of nitrogens with one attached hydrogen (secondary N) is 1. The number of nitrogens with zero attached hydrogens (tertiary/aromatic N) is 3. The lowest BCUT2D eigenvalue weighted by atomic mass is 9.89. The Kier molecular flexibility index (Phi) is 7.39. The van der Waals surface area contributed by atoms with Crippen molar-refractivity contribution in [3.63, 3.8) is 0 Å². The Morgan fingerprint density at radius 3 is 2.65 bits per heavy atom. The summed E-state index contributed by atoms with van der Waals surface area (Å²) in [5.41, 5.74) is 4.93. The van der Waals surface area contributed by atoms with E-state index in [2.05, 4.69) is 54.4 Å². The van der Waals surface area contributed by atoms with E-state index in [-0.39, 0.29) is 36.5 Å². The SMILES string of the molecule is C[C@@H]1CC(c2ccc3cc(CN4CC[C@H](Oc5ccc6c(c5)CN(C5CCC(=O)NC5=O)C6=O)C4)ccc3n2)C[C@@H](C)O1. The van der Waals surface area contributed by atoms with Crippen LogP contribution in [0.4, 0.5) is 0 Å². The van der Waals surface area contributed by atoms with Crippen molar-refractivity contribution in [3.8, 4) is 5.75 Å². The maximum absolute atomic E-state index is 13.0. The largest absolute Gasteiger partial charge is 0.489 e. The summed E-state index contributed by atoms with van der Waals surface area (Å²) in [5, 5.41) is 3.52. The zero-order valence-electron chi connectivity index (χ0n) is 24.8. The number of hydrogen-bond donors (Lipinski definition) is 1. The summed E-state index contributed by atoms with van der Waals surface area (Å²) in [6.07, 6.45) is 4.17. The van der Waals surface area contributed by atoms with Gasteiger partial charge in [0.05, 0.1) is 17.7 Å². The highest BCUT2D eigenvalue weighted by Crippen LogP contribution is 2.34. The first-order valence-corrected chi connectivity index (χ1v) is 15.5. The Labute approximate surface area is 251 Å². The fourth-order valence-electron chi connectivity index (χ4n) is 7.27. The second-order valence-corrected chi connectivity index (χ2v) is 12.7. The van der Waals surface area contributed by atoms with Crippen molar-refractivity contribution in [1.82, 2.24) is 20.1 Å². The highest BCUT2D eigenvalue weighted by Gasteiger charge is 2.39. The maximum atomic E-state index is 13.0. The fourth-order valence-corrected chi connectivity index (χ4v) is 7.27. The molecule has 4 aliphatic heterocycles. The minimum absolute atomic E-state index is 0.0651. The summed E-state index contributed by atoms with van der Waals surface area (Å²) >= 11 is 0. The summed E-state index contributed by atoms with van der Waals surface area (Å²) in [7, 11) is 0. The molecule has 0 radical (unpaired) electrons. The van der Waals surface area contributed by atoms with Gasteiger partial charge in [0.15, 0.2) is 0 Å². The number of hydrogen-bond acceptors (Lipinski definition) is 7. The van der Waals surface area contributed by atoms with Crippen molar-refractivity contribution in [2.45, 2.75) is 89.3 Å². The summed E-state index contributed by atoms with van der Waals surface area (Å²) < 4.78 is 12.3. The number of amides is 3. The maximum Gasteiger partial charge on any atom is 0.255 e. The van der Waals surface area contributed by atoms with E-state index in [1.807, 2.05) is 12.1 Å². The van der Waals surface area contributed by atoms with Crippen LogP contribution in [0.5, 0.6) is 5.75 Å². The number of ether oxygens (including phenoxy) is 2. The van der Waals surface area contributed by atoms with Crippen LogP contribution < -0.4 is 10.1 Å². The standard InChI is InChI=1S/C34H38N4O5/c1-20-13-24(14-21(2)42-20)30-8-4-23-15-22(3-7-29(23)35-30)17-37-12-11-27(19-37)43-26-5-6-28-25(16-26)18-38(34(28)41)31-9-10-32(39)36-33(31)40/h3-8,15-16,20-21,24,27,31H,9-14,17-19H2,1-2H3,(H,36,39,40)/t20-,21-,27+,31?/m1/s1. The first-order chi connectivity index (χ1) is 20.8. The molecule has 3 saturated heterocycles. The molecule has 0 bridgehead atoms. The highest BCUT2D eigenvalue weighted by atomic mass is 16.5. The van der Waals surface area contributed by atoms with Gasteiger partial charge in [-0.15, -0.1) is 0 Å². The van der Waals surface area contributed by atoms with Gasteiger partial charge in [-0.3, -0.25) is 29.6 Å². The van der Waals surface area contributed by atoms with Crippen LogP contribution in [0.15, 0.2) is 48.5 Å². The molecular weight excluding hydrogens is 544 g/mol. The Hall–Kier alpha value is -3.82. The molecule has 4 atom stereocenters.